The molecule has 1 aromatic carbocycles. The third-order valence-electron chi connectivity index (χ3n) is 3.94. The first kappa shape index (κ1) is 17.1. The summed E-state index contributed by atoms with van der Waals surface area (Å²) in [5.74, 6) is -2.22. The van der Waals surface area contributed by atoms with Crippen LogP contribution >= 0.6 is 0 Å². The minimum Gasteiger partial charge on any atom is -0.481 e. The van der Waals surface area contributed by atoms with E-state index in [4.69, 9.17) is 9.84 Å². The molecule has 1 aromatic rings. The van der Waals surface area contributed by atoms with Gasteiger partial charge in [0.25, 0.3) is 5.91 Å². The molecule has 0 spiro atoms. The van der Waals surface area contributed by atoms with Crippen molar-refractivity contribution in [3.05, 3.63) is 30.3 Å². The van der Waals surface area contributed by atoms with E-state index in [-0.39, 0.29) is 6.54 Å². The number of aliphatic carboxylic acids is 1. The molecule has 5 nitrogen and oxygen atoms in total. The molecule has 0 bridgehead atoms. The fourth-order valence-electron chi connectivity index (χ4n) is 2.54. The molecule has 2 atom stereocenters. The number of hydrogen-bond acceptors (Lipinski definition) is 3. The first-order chi connectivity index (χ1) is 10.7. The Hall–Kier alpha value is -2.25. The van der Waals surface area contributed by atoms with Gasteiger partial charge in [-0.25, -0.2) is 0 Å². The fraction of sp³-hybridized carbons (Fsp3) is 0.467. The van der Waals surface area contributed by atoms with Gasteiger partial charge in [-0.2, -0.15) is 13.2 Å². The number of amides is 1. The zero-order chi connectivity index (χ0) is 17.3. The van der Waals surface area contributed by atoms with Gasteiger partial charge in [-0.1, -0.05) is 18.2 Å². The molecule has 2 unspecified atom stereocenters. The van der Waals surface area contributed by atoms with Crippen LogP contribution in [0.5, 0.6) is 5.75 Å². The molecule has 23 heavy (non-hydrogen) atoms. The highest BCUT2D eigenvalue weighted by Crippen LogP contribution is 2.45. The molecule has 0 saturated carbocycles. The van der Waals surface area contributed by atoms with Crippen LogP contribution in [0, 0.1) is 5.41 Å². The molecule has 0 aliphatic carbocycles. The van der Waals surface area contributed by atoms with Gasteiger partial charge in [0.2, 0.25) is 0 Å². The largest absolute Gasteiger partial charge is 0.481 e. The smallest absolute Gasteiger partial charge is 0.406 e. The highest BCUT2D eigenvalue weighted by molar-refractivity contribution is 5.84. The van der Waals surface area contributed by atoms with E-state index in [9.17, 15) is 22.8 Å². The van der Waals surface area contributed by atoms with Crippen LogP contribution in [0.2, 0.25) is 0 Å². The van der Waals surface area contributed by atoms with Gasteiger partial charge in [-0.15, -0.1) is 0 Å². The van der Waals surface area contributed by atoms with Crippen LogP contribution in [0.3, 0.4) is 0 Å². The van der Waals surface area contributed by atoms with Gasteiger partial charge in [0.15, 0.2) is 11.5 Å². The number of carbonyl (C=O) groups is 2. The van der Waals surface area contributed by atoms with Gasteiger partial charge in [0.05, 0.1) is 0 Å². The van der Waals surface area contributed by atoms with Crippen molar-refractivity contribution in [2.24, 2.45) is 5.41 Å². The second-order valence-corrected chi connectivity index (χ2v) is 5.47. The number of hydrogen-bond donors (Lipinski definition) is 1. The van der Waals surface area contributed by atoms with Crippen LogP contribution in [0.25, 0.3) is 0 Å². The van der Waals surface area contributed by atoms with Crippen molar-refractivity contribution in [1.82, 2.24) is 4.90 Å². The van der Waals surface area contributed by atoms with Crippen LogP contribution in [0.4, 0.5) is 13.2 Å². The van der Waals surface area contributed by atoms with E-state index in [0.29, 0.717) is 5.75 Å². The third-order valence-corrected chi connectivity index (χ3v) is 3.94. The van der Waals surface area contributed by atoms with Gasteiger partial charge >= 0.3 is 12.1 Å². The summed E-state index contributed by atoms with van der Waals surface area (Å²) in [6.07, 6.45) is -6.58. The molecule has 1 fully saturated rings. The molecule has 2 rings (SSSR count). The maximum atomic E-state index is 13.1. The average Bonchev–Trinajstić information content (AvgIpc) is 2.93. The zero-order valence-electron chi connectivity index (χ0n) is 12.3. The van der Waals surface area contributed by atoms with E-state index in [1.54, 1.807) is 30.3 Å². The van der Waals surface area contributed by atoms with Crippen molar-refractivity contribution in [3.63, 3.8) is 0 Å². The van der Waals surface area contributed by atoms with E-state index in [0.717, 1.165) is 4.90 Å². The van der Waals surface area contributed by atoms with Crippen molar-refractivity contribution in [1.29, 1.82) is 0 Å². The Balaban J connectivity index is 2.08. The lowest BCUT2D eigenvalue weighted by Gasteiger charge is -2.28. The number of carbonyl (C=O) groups excluding carboxylic acids is 1. The van der Waals surface area contributed by atoms with Crippen LogP contribution in [-0.2, 0) is 9.59 Å². The molecule has 1 amide bonds. The monoisotopic (exact) mass is 331 g/mol. The predicted molar refractivity (Wildman–Crippen MR) is 73.9 cm³/mol. The van der Waals surface area contributed by atoms with Crippen LogP contribution < -0.4 is 4.74 Å². The topological polar surface area (TPSA) is 66.8 Å². The average molecular weight is 331 g/mol. The number of benzene rings is 1. The standard InChI is InChI=1S/C15H16F3NO4/c1-10(23-11-5-3-2-4-6-11)12(20)19-8-7-14(9-19,13(21)22)15(16,17)18/h2-6,10H,7-9H2,1H3,(H,21,22). The van der Waals surface area contributed by atoms with Gasteiger partial charge in [0, 0.05) is 13.1 Å². The molecule has 0 radical (unpaired) electrons. The molecule has 1 aliphatic rings. The maximum absolute atomic E-state index is 13.1. The third kappa shape index (κ3) is 3.25. The molecular weight excluding hydrogens is 315 g/mol. The van der Waals surface area contributed by atoms with E-state index in [1.165, 1.54) is 6.92 Å². The molecule has 1 aliphatic heterocycles. The summed E-state index contributed by atoms with van der Waals surface area (Å²) in [7, 11) is 0. The summed E-state index contributed by atoms with van der Waals surface area (Å²) in [4.78, 5) is 24.2. The molecule has 1 heterocycles. The van der Waals surface area contributed by atoms with Crippen molar-refractivity contribution < 1.29 is 32.6 Å². The molecule has 1 saturated heterocycles. The van der Waals surface area contributed by atoms with Gasteiger partial charge < -0.3 is 14.7 Å². The second-order valence-electron chi connectivity index (χ2n) is 5.47. The molecule has 0 aromatic heterocycles. The summed E-state index contributed by atoms with van der Waals surface area (Å²) >= 11 is 0. The zero-order valence-corrected chi connectivity index (χ0v) is 12.3. The summed E-state index contributed by atoms with van der Waals surface area (Å²) in [5.41, 5.74) is -2.91. The number of rotatable bonds is 4. The Morgan fingerprint density at radius 3 is 2.39 bits per heavy atom. The first-order valence-electron chi connectivity index (χ1n) is 6.98. The van der Waals surface area contributed by atoms with Crippen LogP contribution in [0.1, 0.15) is 13.3 Å². The van der Waals surface area contributed by atoms with Crippen molar-refractivity contribution >= 4 is 11.9 Å². The molecule has 8 heteroatoms. The van der Waals surface area contributed by atoms with E-state index in [1.807, 2.05) is 0 Å². The Morgan fingerprint density at radius 2 is 1.91 bits per heavy atom. The highest BCUT2D eigenvalue weighted by Gasteiger charge is 2.64. The minimum absolute atomic E-state index is 0.271. The Labute approximate surface area is 130 Å². The van der Waals surface area contributed by atoms with Crippen molar-refractivity contribution in [2.75, 3.05) is 13.1 Å². The maximum Gasteiger partial charge on any atom is 0.406 e. The summed E-state index contributed by atoms with van der Waals surface area (Å²) in [6, 6.07) is 8.38. The lowest BCUT2D eigenvalue weighted by molar-refractivity contribution is -0.227. The Morgan fingerprint density at radius 1 is 1.30 bits per heavy atom. The van der Waals surface area contributed by atoms with Gasteiger partial charge in [0.1, 0.15) is 5.75 Å². The van der Waals surface area contributed by atoms with Crippen molar-refractivity contribution in [2.45, 2.75) is 25.6 Å². The van der Waals surface area contributed by atoms with Gasteiger partial charge in [-0.3, -0.25) is 9.59 Å². The van der Waals surface area contributed by atoms with E-state index in [2.05, 4.69) is 0 Å². The lowest BCUT2D eigenvalue weighted by Crippen LogP contribution is -2.49. The summed E-state index contributed by atoms with van der Waals surface area (Å²) < 4.78 is 44.7. The number of likely N-dealkylation sites (tertiary alicyclic amines) is 1. The molecule has 126 valence electrons. The second kappa shape index (κ2) is 6.10. The van der Waals surface area contributed by atoms with Crippen LogP contribution in [0.15, 0.2) is 30.3 Å². The summed E-state index contributed by atoms with van der Waals surface area (Å²) in [6.45, 7) is 0.254. The number of ether oxygens (including phenoxy) is 1. The number of carboxylic acids is 1. The lowest BCUT2D eigenvalue weighted by atomic mass is 9.86. The quantitative estimate of drug-likeness (QED) is 0.919. The Bertz CT molecular complexity index is 590. The minimum atomic E-state index is -4.92. The normalized spacial score (nSPS) is 22.7. The Kier molecular flexibility index (Phi) is 4.53. The van der Waals surface area contributed by atoms with E-state index < -0.39 is 42.5 Å². The van der Waals surface area contributed by atoms with Crippen LogP contribution in [-0.4, -0.2) is 47.3 Å². The van der Waals surface area contributed by atoms with Gasteiger partial charge in [-0.05, 0) is 25.5 Å². The molecule has 1 N–H and O–H groups in total. The number of para-hydroxylation sites is 1. The number of nitrogens with zero attached hydrogens (tertiary/aromatic N) is 1. The fourth-order valence-corrected chi connectivity index (χ4v) is 2.54. The number of halogens is 3. The number of alkyl halides is 3. The number of carboxylic acid groups (broad SMARTS) is 1. The van der Waals surface area contributed by atoms with E-state index >= 15 is 0 Å². The first-order valence-corrected chi connectivity index (χ1v) is 6.98. The molecular formula is C15H16F3NO4. The van der Waals surface area contributed by atoms with Crippen molar-refractivity contribution in [3.8, 4) is 5.75 Å². The summed E-state index contributed by atoms with van der Waals surface area (Å²) in [5, 5.41) is 8.98. The highest BCUT2D eigenvalue weighted by atomic mass is 19.4. The predicted octanol–water partition coefficient (Wildman–Crippen LogP) is 2.32. The SMILES string of the molecule is CC(Oc1ccccc1)C(=O)N1CCC(C(=O)O)(C(F)(F)F)C1.